The number of rotatable bonds is 2. The fourth-order valence-corrected chi connectivity index (χ4v) is 2.57. The lowest BCUT2D eigenvalue weighted by Gasteiger charge is -2.43. The highest BCUT2D eigenvalue weighted by Gasteiger charge is 2.45. The zero-order valence-corrected chi connectivity index (χ0v) is 10.8. The maximum Gasteiger partial charge on any atom is 0.102 e. The maximum atomic E-state index is 13.0. The molecule has 0 aliphatic heterocycles. The maximum absolute atomic E-state index is 13.0. The third kappa shape index (κ3) is 2.23. The van der Waals surface area contributed by atoms with E-state index in [-0.39, 0.29) is 17.4 Å². The molecule has 1 aliphatic rings. The summed E-state index contributed by atoms with van der Waals surface area (Å²) in [7, 11) is 0. The van der Waals surface area contributed by atoms with Gasteiger partial charge in [-0.25, -0.2) is 4.39 Å². The average molecular weight is 236 g/mol. The van der Waals surface area contributed by atoms with Gasteiger partial charge in [0.05, 0.1) is 6.61 Å². The number of benzene rings is 1. The number of hydrogen-bond donors (Lipinski definition) is 1. The van der Waals surface area contributed by atoms with Crippen molar-refractivity contribution in [1.82, 2.24) is 0 Å². The molecule has 1 aliphatic carbocycles. The van der Waals surface area contributed by atoms with Gasteiger partial charge in [-0.05, 0) is 29.4 Å². The highest BCUT2D eigenvalue weighted by atomic mass is 19.1. The Morgan fingerprint density at radius 1 is 1.24 bits per heavy atom. The lowest BCUT2D eigenvalue weighted by Crippen LogP contribution is -2.45. The highest BCUT2D eigenvalue weighted by Crippen LogP contribution is 2.45. The summed E-state index contributed by atoms with van der Waals surface area (Å²) in [5.74, 6) is 0. The van der Waals surface area contributed by atoms with Crippen LogP contribution in [-0.4, -0.2) is 17.9 Å². The third-order valence-corrected chi connectivity index (χ3v) is 3.89. The summed E-state index contributed by atoms with van der Waals surface area (Å²) in [6, 6.07) is 8.28. The van der Waals surface area contributed by atoms with E-state index in [0.29, 0.717) is 12.8 Å². The van der Waals surface area contributed by atoms with E-state index in [1.807, 2.05) is 12.1 Å². The Morgan fingerprint density at radius 3 is 2.12 bits per heavy atom. The van der Waals surface area contributed by atoms with Gasteiger partial charge in [0.2, 0.25) is 0 Å². The quantitative estimate of drug-likeness (QED) is 0.835. The van der Waals surface area contributed by atoms with Gasteiger partial charge in [-0.1, -0.05) is 45.0 Å². The molecule has 0 amide bonds. The molecule has 0 saturated heterocycles. The molecule has 0 atom stereocenters. The van der Waals surface area contributed by atoms with Gasteiger partial charge in [0.1, 0.15) is 6.17 Å². The van der Waals surface area contributed by atoms with Gasteiger partial charge in [0.15, 0.2) is 0 Å². The average Bonchev–Trinajstić information content (AvgIpc) is 2.23. The monoisotopic (exact) mass is 236 g/mol. The SMILES string of the molecule is CC(C)(C)c1ccc(C2(CO)CC(F)C2)cc1. The first kappa shape index (κ1) is 12.6. The summed E-state index contributed by atoms with van der Waals surface area (Å²) in [6.45, 7) is 6.56. The molecule has 17 heavy (non-hydrogen) atoms. The van der Waals surface area contributed by atoms with E-state index in [1.165, 1.54) is 5.56 Å². The molecule has 94 valence electrons. The van der Waals surface area contributed by atoms with Gasteiger partial charge < -0.3 is 5.11 Å². The normalized spacial score (nSPS) is 28.9. The minimum atomic E-state index is -0.746. The standard InChI is InChI=1S/C15H21FO/c1-14(2,3)11-4-6-12(7-5-11)15(10-17)8-13(16)9-15/h4-7,13,17H,8-10H2,1-3H3. The molecular weight excluding hydrogens is 215 g/mol. The molecule has 0 radical (unpaired) electrons. The third-order valence-electron chi connectivity index (χ3n) is 3.89. The minimum Gasteiger partial charge on any atom is -0.395 e. The Kier molecular flexibility index (Phi) is 3.03. The van der Waals surface area contributed by atoms with E-state index in [9.17, 15) is 9.50 Å². The first-order valence-corrected chi connectivity index (χ1v) is 6.23. The summed E-state index contributed by atoms with van der Waals surface area (Å²) in [5, 5.41) is 9.47. The van der Waals surface area contributed by atoms with Crippen molar-refractivity contribution >= 4 is 0 Å². The molecular formula is C15H21FO. The number of hydrogen-bond acceptors (Lipinski definition) is 1. The summed E-state index contributed by atoms with van der Waals surface area (Å²) in [4.78, 5) is 0. The molecule has 1 aromatic rings. The van der Waals surface area contributed by atoms with E-state index >= 15 is 0 Å². The van der Waals surface area contributed by atoms with Crippen molar-refractivity contribution in [2.45, 2.75) is 50.6 Å². The fraction of sp³-hybridized carbons (Fsp3) is 0.600. The van der Waals surface area contributed by atoms with Crippen LogP contribution in [0.5, 0.6) is 0 Å². The molecule has 1 aromatic carbocycles. The van der Waals surface area contributed by atoms with Crippen molar-refractivity contribution in [2.75, 3.05) is 6.61 Å². The van der Waals surface area contributed by atoms with Crippen LogP contribution in [0.1, 0.15) is 44.7 Å². The van der Waals surface area contributed by atoms with Crippen molar-refractivity contribution in [2.24, 2.45) is 0 Å². The summed E-state index contributed by atoms with van der Waals surface area (Å²) >= 11 is 0. The molecule has 2 heteroatoms. The summed E-state index contributed by atoms with van der Waals surface area (Å²) in [5.41, 5.74) is 2.15. The van der Waals surface area contributed by atoms with Crippen molar-refractivity contribution in [3.05, 3.63) is 35.4 Å². The topological polar surface area (TPSA) is 20.2 Å². The first-order valence-electron chi connectivity index (χ1n) is 6.23. The van der Waals surface area contributed by atoms with Gasteiger partial charge in [-0.3, -0.25) is 0 Å². The molecule has 0 bridgehead atoms. The molecule has 0 unspecified atom stereocenters. The van der Waals surface area contributed by atoms with Crippen LogP contribution in [0.3, 0.4) is 0 Å². The second-order valence-corrected chi connectivity index (χ2v) is 6.27. The molecule has 2 rings (SSSR count). The predicted octanol–water partition coefficient (Wildman–Crippen LogP) is 3.35. The van der Waals surface area contributed by atoms with Crippen LogP contribution < -0.4 is 0 Å². The van der Waals surface area contributed by atoms with Crippen LogP contribution in [0.2, 0.25) is 0 Å². The Labute approximate surface area is 103 Å². The molecule has 0 spiro atoms. The van der Waals surface area contributed by atoms with Crippen molar-refractivity contribution in [3.8, 4) is 0 Å². The van der Waals surface area contributed by atoms with Gasteiger partial charge in [0, 0.05) is 5.41 Å². The molecule has 0 heterocycles. The Hall–Kier alpha value is -0.890. The van der Waals surface area contributed by atoms with Crippen LogP contribution in [0.15, 0.2) is 24.3 Å². The molecule has 1 nitrogen and oxygen atoms in total. The molecule has 1 N–H and O–H groups in total. The van der Waals surface area contributed by atoms with Crippen LogP contribution in [0.25, 0.3) is 0 Å². The zero-order valence-electron chi connectivity index (χ0n) is 10.8. The first-order chi connectivity index (χ1) is 7.87. The fourth-order valence-electron chi connectivity index (χ4n) is 2.57. The molecule has 0 aromatic heterocycles. The number of aliphatic hydroxyl groups excluding tert-OH is 1. The second-order valence-electron chi connectivity index (χ2n) is 6.27. The summed E-state index contributed by atoms with van der Waals surface area (Å²) in [6.07, 6.45) is 0.168. The van der Waals surface area contributed by atoms with E-state index < -0.39 is 6.17 Å². The smallest absolute Gasteiger partial charge is 0.102 e. The Balaban J connectivity index is 2.24. The van der Waals surface area contributed by atoms with Gasteiger partial charge in [-0.2, -0.15) is 0 Å². The van der Waals surface area contributed by atoms with E-state index in [4.69, 9.17) is 0 Å². The van der Waals surface area contributed by atoms with Crippen LogP contribution in [-0.2, 0) is 10.8 Å². The number of halogens is 1. The van der Waals surface area contributed by atoms with Crippen molar-refractivity contribution in [1.29, 1.82) is 0 Å². The van der Waals surface area contributed by atoms with E-state index in [1.54, 1.807) is 0 Å². The number of alkyl halides is 1. The Morgan fingerprint density at radius 2 is 1.76 bits per heavy atom. The van der Waals surface area contributed by atoms with Crippen molar-refractivity contribution in [3.63, 3.8) is 0 Å². The minimum absolute atomic E-state index is 0.0439. The van der Waals surface area contributed by atoms with Gasteiger partial charge in [0.25, 0.3) is 0 Å². The summed E-state index contributed by atoms with van der Waals surface area (Å²) < 4.78 is 13.0. The van der Waals surface area contributed by atoms with Crippen LogP contribution in [0, 0.1) is 0 Å². The zero-order chi connectivity index (χ0) is 12.7. The van der Waals surface area contributed by atoms with Gasteiger partial charge in [-0.15, -0.1) is 0 Å². The predicted molar refractivity (Wildman–Crippen MR) is 68.0 cm³/mol. The second kappa shape index (κ2) is 4.09. The highest BCUT2D eigenvalue weighted by molar-refractivity contribution is 5.34. The lowest BCUT2D eigenvalue weighted by molar-refractivity contribution is 0.0410. The lowest BCUT2D eigenvalue weighted by atomic mass is 9.63. The largest absolute Gasteiger partial charge is 0.395 e. The number of aliphatic hydroxyl groups is 1. The van der Waals surface area contributed by atoms with Gasteiger partial charge >= 0.3 is 0 Å². The van der Waals surface area contributed by atoms with Crippen LogP contribution >= 0.6 is 0 Å². The molecule has 1 saturated carbocycles. The Bertz CT molecular complexity index is 382. The van der Waals surface area contributed by atoms with E-state index in [0.717, 1.165) is 5.56 Å². The van der Waals surface area contributed by atoms with Crippen molar-refractivity contribution < 1.29 is 9.50 Å². The van der Waals surface area contributed by atoms with E-state index in [2.05, 4.69) is 32.9 Å². The van der Waals surface area contributed by atoms with Crippen LogP contribution in [0.4, 0.5) is 4.39 Å². The molecule has 1 fully saturated rings.